The number of unbranched alkanes of at least 4 members (excludes halogenated alkanes) is 5. The summed E-state index contributed by atoms with van der Waals surface area (Å²) in [6.07, 6.45) is 11.0. The van der Waals surface area contributed by atoms with Gasteiger partial charge in [0.05, 0.1) is 0 Å². The first-order chi connectivity index (χ1) is 7.70. The van der Waals surface area contributed by atoms with Gasteiger partial charge >= 0.3 is 6.03 Å². The Balaban J connectivity index is 3.47. The van der Waals surface area contributed by atoms with Gasteiger partial charge in [-0.2, -0.15) is 0 Å². The van der Waals surface area contributed by atoms with E-state index in [4.69, 9.17) is 5.73 Å². The Labute approximate surface area is 100 Å². The summed E-state index contributed by atoms with van der Waals surface area (Å²) in [6, 6.07) is -0.0990. The van der Waals surface area contributed by atoms with Gasteiger partial charge < -0.3 is 11.1 Å². The minimum Gasteiger partial charge on any atom is -0.352 e. The van der Waals surface area contributed by atoms with Crippen LogP contribution in [0.4, 0.5) is 4.79 Å². The molecule has 0 rings (SSSR count). The monoisotopic (exact) mass is 228 g/mol. The number of nitrogens with two attached hydrogens (primary N) is 1. The molecule has 16 heavy (non-hydrogen) atoms. The van der Waals surface area contributed by atoms with Crippen LogP contribution in [0, 0.1) is 0 Å². The summed E-state index contributed by atoms with van der Waals surface area (Å²) in [5.74, 6) is 0. The molecule has 0 aliphatic carbocycles. The van der Waals surface area contributed by atoms with Crippen molar-refractivity contribution in [1.29, 1.82) is 0 Å². The normalized spacial score (nSPS) is 12.4. The van der Waals surface area contributed by atoms with Crippen LogP contribution in [0.25, 0.3) is 0 Å². The van der Waals surface area contributed by atoms with Crippen LogP contribution in [0.15, 0.2) is 0 Å². The van der Waals surface area contributed by atoms with Crippen LogP contribution in [-0.2, 0) is 0 Å². The number of carbonyl (C=O) groups excluding carboxylic acids is 1. The summed E-state index contributed by atoms with van der Waals surface area (Å²) in [5, 5.41) is 2.82. The molecule has 96 valence electrons. The van der Waals surface area contributed by atoms with Crippen LogP contribution >= 0.6 is 0 Å². The summed E-state index contributed by atoms with van der Waals surface area (Å²) < 4.78 is 0. The minimum atomic E-state index is -0.385. The first kappa shape index (κ1) is 15.3. The first-order valence-electron chi connectivity index (χ1n) is 6.76. The van der Waals surface area contributed by atoms with E-state index in [9.17, 15) is 4.79 Å². The fourth-order valence-electron chi connectivity index (χ4n) is 2.01. The Bertz CT molecular complexity index is 171. The van der Waals surface area contributed by atoms with Crippen molar-refractivity contribution in [2.75, 3.05) is 0 Å². The lowest BCUT2D eigenvalue weighted by Gasteiger charge is -2.16. The third-order valence-electron chi connectivity index (χ3n) is 2.89. The van der Waals surface area contributed by atoms with E-state index in [0.29, 0.717) is 0 Å². The zero-order valence-corrected chi connectivity index (χ0v) is 10.9. The molecule has 0 radical (unpaired) electrons. The lowest BCUT2D eigenvalue weighted by Crippen LogP contribution is -2.38. The number of primary amides is 1. The average Bonchev–Trinajstić information content (AvgIpc) is 2.22. The maximum atomic E-state index is 10.8. The van der Waals surface area contributed by atoms with Gasteiger partial charge in [0.15, 0.2) is 0 Å². The van der Waals surface area contributed by atoms with Gasteiger partial charge in [0.2, 0.25) is 0 Å². The summed E-state index contributed by atoms with van der Waals surface area (Å²) >= 11 is 0. The third kappa shape index (κ3) is 9.81. The van der Waals surface area contributed by atoms with E-state index in [1.807, 2.05) is 0 Å². The van der Waals surface area contributed by atoms with Crippen molar-refractivity contribution < 1.29 is 4.79 Å². The zero-order chi connectivity index (χ0) is 12.2. The molecule has 3 nitrogen and oxygen atoms in total. The predicted molar refractivity (Wildman–Crippen MR) is 69.4 cm³/mol. The molecule has 0 aromatic rings. The smallest absolute Gasteiger partial charge is 0.312 e. The number of hydrogen-bond donors (Lipinski definition) is 2. The van der Waals surface area contributed by atoms with Crippen LogP contribution < -0.4 is 11.1 Å². The maximum Gasteiger partial charge on any atom is 0.312 e. The highest BCUT2D eigenvalue weighted by molar-refractivity contribution is 5.71. The second-order valence-electron chi connectivity index (χ2n) is 4.55. The van der Waals surface area contributed by atoms with Crippen molar-refractivity contribution in [1.82, 2.24) is 5.32 Å². The van der Waals surface area contributed by atoms with E-state index in [1.54, 1.807) is 0 Å². The Morgan fingerprint density at radius 2 is 1.62 bits per heavy atom. The van der Waals surface area contributed by atoms with Gasteiger partial charge in [0.1, 0.15) is 0 Å². The van der Waals surface area contributed by atoms with Gasteiger partial charge in [0, 0.05) is 6.04 Å². The largest absolute Gasteiger partial charge is 0.352 e. The number of amides is 2. The molecule has 0 aromatic heterocycles. The molecule has 0 aliphatic rings. The summed E-state index contributed by atoms with van der Waals surface area (Å²) in [7, 11) is 0. The Hall–Kier alpha value is -0.730. The molecule has 1 atom stereocenters. The molecule has 0 aliphatic heterocycles. The SMILES string of the molecule is CCCCCCCCC(CCC)NC(N)=O. The molecular formula is C13H28N2O. The standard InChI is InChI=1S/C13H28N2O/c1-3-5-6-7-8-9-11-12(10-4-2)15-13(14)16/h12H,3-11H2,1-2H3,(H3,14,15,16). The van der Waals surface area contributed by atoms with E-state index < -0.39 is 0 Å². The highest BCUT2D eigenvalue weighted by Crippen LogP contribution is 2.11. The zero-order valence-electron chi connectivity index (χ0n) is 10.9. The lowest BCUT2D eigenvalue weighted by atomic mass is 10.0. The molecule has 0 fully saturated rings. The van der Waals surface area contributed by atoms with E-state index >= 15 is 0 Å². The fourth-order valence-corrected chi connectivity index (χ4v) is 2.01. The van der Waals surface area contributed by atoms with Crippen molar-refractivity contribution in [3.63, 3.8) is 0 Å². The minimum absolute atomic E-state index is 0.286. The number of nitrogens with one attached hydrogen (secondary N) is 1. The molecule has 3 heteroatoms. The molecule has 1 unspecified atom stereocenters. The van der Waals surface area contributed by atoms with Crippen molar-refractivity contribution >= 4 is 6.03 Å². The van der Waals surface area contributed by atoms with Crippen LogP contribution in [0.1, 0.15) is 71.6 Å². The van der Waals surface area contributed by atoms with Crippen molar-refractivity contribution in [3.05, 3.63) is 0 Å². The van der Waals surface area contributed by atoms with Crippen molar-refractivity contribution in [2.45, 2.75) is 77.7 Å². The van der Waals surface area contributed by atoms with Gasteiger partial charge in [-0.25, -0.2) is 4.79 Å². The predicted octanol–water partition coefficient (Wildman–Crippen LogP) is 3.57. The molecule has 0 saturated heterocycles. The van der Waals surface area contributed by atoms with Crippen LogP contribution in [0.5, 0.6) is 0 Å². The lowest BCUT2D eigenvalue weighted by molar-refractivity contribution is 0.243. The first-order valence-corrected chi connectivity index (χ1v) is 6.76. The van der Waals surface area contributed by atoms with Crippen molar-refractivity contribution in [3.8, 4) is 0 Å². The molecular weight excluding hydrogens is 200 g/mol. The van der Waals surface area contributed by atoms with E-state index in [2.05, 4.69) is 19.2 Å². The van der Waals surface area contributed by atoms with Crippen LogP contribution in [-0.4, -0.2) is 12.1 Å². The van der Waals surface area contributed by atoms with Gasteiger partial charge in [-0.15, -0.1) is 0 Å². The summed E-state index contributed by atoms with van der Waals surface area (Å²) in [6.45, 7) is 4.37. The Morgan fingerprint density at radius 1 is 1.00 bits per heavy atom. The topological polar surface area (TPSA) is 55.1 Å². The summed E-state index contributed by atoms with van der Waals surface area (Å²) in [5.41, 5.74) is 5.14. The summed E-state index contributed by atoms with van der Waals surface area (Å²) in [4.78, 5) is 10.8. The van der Waals surface area contributed by atoms with Gasteiger partial charge in [0.25, 0.3) is 0 Å². The number of urea groups is 1. The maximum absolute atomic E-state index is 10.8. The van der Waals surface area contributed by atoms with Crippen LogP contribution in [0.3, 0.4) is 0 Å². The number of carbonyl (C=O) groups is 1. The highest BCUT2D eigenvalue weighted by Gasteiger charge is 2.08. The molecule has 0 bridgehead atoms. The second kappa shape index (κ2) is 10.8. The van der Waals surface area contributed by atoms with E-state index in [1.165, 1.54) is 38.5 Å². The Morgan fingerprint density at radius 3 is 2.19 bits per heavy atom. The quantitative estimate of drug-likeness (QED) is 0.552. The second-order valence-corrected chi connectivity index (χ2v) is 4.55. The molecule has 0 heterocycles. The third-order valence-corrected chi connectivity index (χ3v) is 2.89. The fraction of sp³-hybridized carbons (Fsp3) is 0.923. The molecule has 2 amide bonds. The Kier molecular flexibility index (Phi) is 10.3. The molecule has 0 spiro atoms. The molecule has 0 aromatic carbocycles. The van der Waals surface area contributed by atoms with Crippen LogP contribution in [0.2, 0.25) is 0 Å². The van der Waals surface area contributed by atoms with Gasteiger partial charge in [-0.1, -0.05) is 58.8 Å². The molecule has 0 saturated carbocycles. The van der Waals surface area contributed by atoms with E-state index in [0.717, 1.165) is 19.3 Å². The van der Waals surface area contributed by atoms with Gasteiger partial charge in [-0.05, 0) is 12.8 Å². The van der Waals surface area contributed by atoms with Gasteiger partial charge in [-0.3, -0.25) is 0 Å². The average molecular weight is 228 g/mol. The number of rotatable bonds is 10. The van der Waals surface area contributed by atoms with Crippen molar-refractivity contribution in [2.24, 2.45) is 5.73 Å². The van der Waals surface area contributed by atoms with E-state index in [-0.39, 0.29) is 12.1 Å². The highest BCUT2D eigenvalue weighted by atomic mass is 16.2. The number of hydrogen-bond acceptors (Lipinski definition) is 1. The molecule has 3 N–H and O–H groups in total.